The molecule has 3 heteroatoms. The van der Waals surface area contributed by atoms with E-state index in [1.165, 1.54) is 12.8 Å². The maximum Gasteiger partial charge on any atom is 0.305 e. The summed E-state index contributed by atoms with van der Waals surface area (Å²) in [4.78, 5) is 13.6. The molecule has 0 radical (unpaired) electrons. The molecule has 2 fully saturated rings. The molecule has 0 bridgehead atoms. The molecule has 1 N–H and O–H groups in total. The van der Waals surface area contributed by atoms with Crippen LogP contribution in [0.25, 0.3) is 0 Å². The second-order valence-electron chi connectivity index (χ2n) is 6.33. The first kappa shape index (κ1) is 11.9. The number of nitrogens with zero attached hydrogens (tertiary/aromatic N) is 1. The molecule has 0 aromatic heterocycles. The minimum atomic E-state index is -0.635. The van der Waals surface area contributed by atoms with Crippen LogP contribution in [0.4, 0.5) is 0 Å². The summed E-state index contributed by atoms with van der Waals surface area (Å²) in [5, 5.41) is 9.14. The first-order chi connectivity index (χ1) is 7.44. The molecule has 1 aliphatic heterocycles. The summed E-state index contributed by atoms with van der Waals surface area (Å²) in [6.45, 7) is 6.74. The van der Waals surface area contributed by atoms with Gasteiger partial charge in [-0.05, 0) is 50.6 Å². The Kier molecular flexibility index (Phi) is 2.99. The summed E-state index contributed by atoms with van der Waals surface area (Å²) < 4.78 is 0. The van der Waals surface area contributed by atoms with Crippen LogP contribution in [0.2, 0.25) is 0 Å². The van der Waals surface area contributed by atoms with E-state index >= 15 is 0 Å². The highest BCUT2D eigenvalue weighted by atomic mass is 16.4. The van der Waals surface area contributed by atoms with E-state index in [1.807, 2.05) is 0 Å². The molecule has 1 heterocycles. The Morgan fingerprint density at radius 2 is 1.88 bits per heavy atom. The molecule has 16 heavy (non-hydrogen) atoms. The second kappa shape index (κ2) is 4.02. The molecule has 1 saturated heterocycles. The standard InChI is InChI=1S/C13H23NO2/c1-12(2)5-6-13(10-12,9-11(15)16)14-7-3-4-8-14/h3-10H2,1-2H3,(H,15,16). The Bertz CT molecular complexity index is 282. The summed E-state index contributed by atoms with van der Waals surface area (Å²) >= 11 is 0. The van der Waals surface area contributed by atoms with Gasteiger partial charge < -0.3 is 5.11 Å². The van der Waals surface area contributed by atoms with Gasteiger partial charge >= 0.3 is 5.97 Å². The lowest BCUT2D eigenvalue weighted by Crippen LogP contribution is -2.47. The van der Waals surface area contributed by atoms with Gasteiger partial charge in [0, 0.05) is 5.54 Å². The molecule has 92 valence electrons. The fraction of sp³-hybridized carbons (Fsp3) is 0.923. The molecule has 1 atom stereocenters. The molecule has 1 unspecified atom stereocenters. The summed E-state index contributed by atoms with van der Waals surface area (Å²) in [7, 11) is 0. The maximum atomic E-state index is 11.1. The Morgan fingerprint density at radius 1 is 1.25 bits per heavy atom. The SMILES string of the molecule is CC1(C)CCC(CC(=O)O)(N2CCCC2)C1. The Morgan fingerprint density at radius 3 is 2.31 bits per heavy atom. The van der Waals surface area contributed by atoms with E-state index in [1.54, 1.807) is 0 Å². The second-order valence-corrected chi connectivity index (χ2v) is 6.33. The quantitative estimate of drug-likeness (QED) is 0.802. The zero-order valence-corrected chi connectivity index (χ0v) is 10.5. The monoisotopic (exact) mass is 225 g/mol. The molecule has 0 aromatic rings. The van der Waals surface area contributed by atoms with Gasteiger partial charge in [0.15, 0.2) is 0 Å². The number of aliphatic carboxylic acids is 1. The topological polar surface area (TPSA) is 40.5 Å². The molecule has 2 aliphatic rings. The Hall–Kier alpha value is -0.570. The van der Waals surface area contributed by atoms with Crippen LogP contribution in [-0.2, 0) is 4.79 Å². The third-order valence-corrected chi connectivity index (χ3v) is 4.33. The van der Waals surface area contributed by atoms with Crippen LogP contribution < -0.4 is 0 Å². The summed E-state index contributed by atoms with van der Waals surface area (Å²) in [5.74, 6) is -0.635. The van der Waals surface area contributed by atoms with Gasteiger partial charge in [0.25, 0.3) is 0 Å². The van der Waals surface area contributed by atoms with Crippen molar-refractivity contribution >= 4 is 5.97 Å². The lowest BCUT2D eigenvalue weighted by atomic mass is 9.85. The van der Waals surface area contributed by atoms with Crippen LogP contribution in [-0.4, -0.2) is 34.6 Å². The smallest absolute Gasteiger partial charge is 0.305 e. The average Bonchev–Trinajstić information content (AvgIpc) is 2.72. The van der Waals surface area contributed by atoms with Gasteiger partial charge in [-0.15, -0.1) is 0 Å². The van der Waals surface area contributed by atoms with Gasteiger partial charge in [-0.2, -0.15) is 0 Å². The van der Waals surface area contributed by atoms with Gasteiger partial charge in [-0.3, -0.25) is 9.69 Å². The highest BCUT2D eigenvalue weighted by Gasteiger charge is 2.48. The molecule has 1 saturated carbocycles. The zero-order chi connectivity index (χ0) is 11.8. The summed E-state index contributed by atoms with van der Waals surface area (Å²) in [6.07, 6.45) is 6.08. The van der Waals surface area contributed by atoms with E-state index in [0.29, 0.717) is 11.8 Å². The molecule has 0 amide bonds. The number of likely N-dealkylation sites (tertiary alicyclic amines) is 1. The van der Waals surface area contributed by atoms with Crippen LogP contribution in [0.15, 0.2) is 0 Å². The molecular weight excluding hydrogens is 202 g/mol. The van der Waals surface area contributed by atoms with Crippen molar-refractivity contribution in [3.63, 3.8) is 0 Å². The number of rotatable bonds is 3. The minimum absolute atomic E-state index is 0.0359. The molecule has 3 nitrogen and oxygen atoms in total. The van der Waals surface area contributed by atoms with Crippen molar-refractivity contribution in [3.05, 3.63) is 0 Å². The van der Waals surface area contributed by atoms with Crippen LogP contribution in [0.5, 0.6) is 0 Å². The predicted octanol–water partition coefficient (Wildman–Crippen LogP) is 2.51. The number of hydrogen-bond acceptors (Lipinski definition) is 2. The third-order valence-electron chi connectivity index (χ3n) is 4.33. The fourth-order valence-electron chi connectivity index (χ4n) is 3.64. The molecule has 2 rings (SSSR count). The van der Waals surface area contributed by atoms with Gasteiger partial charge in [0.1, 0.15) is 0 Å². The van der Waals surface area contributed by atoms with E-state index in [4.69, 9.17) is 5.11 Å². The number of carboxylic acids is 1. The van der Waals surface area contributed by atoms with Crippen molar-refractivity contribution in [1.29, 1.82) is 0 Å². The lowest BCUT2D eigenvalue weighted by Gasteiger charge is -2.39. The fourth-order valence-corrected chi connectivity index (χ4v) is 3.64. The molecular formula is C13H23NO2. The van der Waals surface area contributed by atoms with Gasteiger partial charge in [0.05, 0.1) is 6.42 Å². The number of carbonyl (C=O) groups is 1. The van der Waals surface area contributed by atoms with Crippen molar-refractivity contribution < 1.29 is 9.90 Å². The highest BCUT2D eigenvalue weighted by Crippen LogP contribution is 2.49. The van der Waals surface area contributed by atoms with Crippen LogP contribution in [0.1, 0.15) is 52.4 Å². The van der Waals surface area contributed by atoms with Crippen LogP contribution >= 0.6 is 0 Å². The number of carboxylic acid groups (broad SMARTS) is 1. The molecule has 1 aliphatic carbocycles. The van der Waals surface area contributed by atoms with E-state index in [9.17, 15) is 4.79 Å². The van der Waals surface area contributed by atoms with E-state index in [-0.39, 0.29) is 5.54 Å². The van der Waals surface area contributed by atoms with Gasteiger partial charge in [-0.25, -0.2) is 0 Å². The Labute approximate surface area is 97.8 Å². The largest absolute Gasteiger partial charge is 0.481 e. The van der Waals surface area contributed by atoms with E-state index in [2.05, 4.69) is 18.7 Å². The third kappa shape index (κ3) is 2.24. The maximum absolute atomic E-state index is 11.1. The van der Waals surface area contributed by atoms with Crippen molar-refractivity contribution in [2.24, 2.45) is 5.41 Å². The minimum Gasteiger partial charge on any atom is -0.481 e. The molecule has 0 spiro atoms. The lowest BCUT2D eigenvalue weighted by molar-refractivity contribution is -0.140. The van der Waals surface area contributed by atoms with E-state index < -0.39 is 5.97 Å². The highest BCUT2D eigenvalue weighted by molar-refractivity contribution is 5.68. The number of hydrogen-bond donors (Lipinski definition) is 1. The summed E-state index contributed by atoms with van der Waals surface area (Å²) in [6, 6.07) is 0. The van der Waals surface area contributed by atoms with Crippen molar-refractivity contribution in [2.45, 2.75) is 57.9 Å². The average molecular weight is 225 g/mol. The van der Waals surface area contributed by atoms with E-state index in [0.717, 1.165) is 32.4 Å². The van der Waals surface area contributed by atoms with Crippen molar-refractivity contribution in [3.8, 4) is 0 Å². The zero-order valence-electron chi connectivity index (χ0n) is 10.5. The van der Waals surface area contributed by atoms with Gasteiger partial charge in [0.2, 0.25) is 0 Å². The van der Waals surface area contributed by atoms with Crippen molar-refractivity contribution in [1.82, 2.24) is 4.90 Å². The Balaban J connectivity index is 2.16. The van der Waals surface area contributed by atoms with Crippen LogP contribution in [0.3, 0.4) is 0 Å². The van der Waals surface area contributed by atoms with Gasteiger partial charge in [-0.1, -0.05) is 13.8 Å². The summed E-state index contributed by atoms with van der Waals surface area (Å²) in [5.41, 5.74) is 0.282. The van der Waals surface area contributed by atoms with Crippen LogP contribution in [0, 0.1) is 5.41 Å². The first-order valence-corrected chi connectivity index (χ1v) is 6.41. The normalized spacial score (nSPS) is 34.4. The first-order valence-electron chi connectivity index (χ1n) is 6.41. The van der Waals surface area contributed by atoms with Crippen molar-refractivity contribution in [2.75, 3.05) is 13.1 Å². The predicted molar refractivity (Wildman–Crippen MR) is 63.4 cm³/mol. The molecule has 0 aromatic carbocycles.